The number of benzene rings is 1. The van der Waals surface area contributed by atoms with E-state index in [4.69, 9.17) is 17.3 Å². The van der Waals surface area contributed by atoms with Crippen LogP contribution in [-0.4, -0.2) is 12.5 Å². The maximum Gasteiger partial charge on any atom is 0.239 e. The number of halogens is 2. The minimum absolute atomic E-state index is 0.105. The lowest BCUT2D eigenvalue weighted by molar-refractivity contribution is -0.120. The Morgan fingerprint density at radius 2 is 2.33 bits per heavy atom. The molecule has 1 amide bonds. The van der Waals surface area contributed by atoms with Crippen LogP contribution < -0.4 is 11.1 Å². The number of hydrogen-bond donors (Lipinski definition) is 2. The molecule has 0 spiro atoms. The summed E-state index contributed by atoms with van der Waals surface area (Å²) in [5, 5.41) is 2.98. The molecule has 0 aromatic heterocycles. The smallest absolute Gasteiger partial charge is 0.239 e. The summed E-state index contributed by atoms with van der Waals surface area (Å²) in [6, 6.07) is 3.36. The lowest BCUT2D eigenvalue weighted by atomic mass is 10.1. The van der Waals surface area contributed by atoms with Crippen molar-refractivity contribution in [3.05, 3.63) is 34.6 Å². The van der Waals surface area contributed by atoms with Gasteiger partial charge in [0.05, 0.1) is 0 Å². The van der Waals surface area contributed by atoms with Gasteiger partial charge >= 0.3 is 0 Å². The molecule has 0 saturated carbocycles. The molecule has 0 fully saturated rings. The van der Waals surface area contributed by atoms with E-state index in [0.29, 0.717) is 6.54 Å². The number of likely N-dealkylation sites (N-methyl/N-ethyl adjacent to an activating group) is 1. The number of primary amides is 1. The summed E-state index contributed by atoms with van der Waals surface area (Å²) in [7, 11) is 0. The molecule has 0 aliphatic carbocycles. The quantitative estimate of drug-likeness (QED) is 0.826. The fraction of sp³-hybridized carbons (Fsp3) is 0.300. The van der Waals surface area contributed by atoms with Crippen LogP contribution in [0.5, 0.6) is 0 Å². The first-order chi connectivity index (χ1) is 7.07. The van der Waals surface area contributed by atoms with E-state index >= 15 is 0 Å². The van der Waals surface area contributed by atoms with E-state index in [1.54, 1.807) is 6.92 Å². The van der Waals surface area contributed by atoms with Gasteiger partial charge in [-0.3, -0.25) is 4.79 Å². The van der Waals surface area contributed by atoms with Gasteiger partial charge in [0.2, 0.25) is 5.91 Å². The van der Waals surface area contributed by atoms with E-state index < -0.39 is 17.8 Å². The van der Waals surface area contributed by atoms with Crippen LogP contribution in [0.25, 0.3) is 0 Å². The first-order valence-corrected chi connectivity index (χ1v) is 4.92. The second-order valence-corrected chi connectivity index (χ2v) is 3.44. The van der Waals surface area contributed by atoms with Gasteiger partial charge in [-0.25, -0.2) is 4.39 Å². The van der Waals surface area contributed by atoms with Crippen molar-refractivity contribution in [2.75, 3.05) is 6.54 Å². The van der Waals surface area contributed by atoms with Gasteiger partial charge in [0.1, 0.15) is 11.9 Å². The second kappa shape index (κ2) is 5.09. The first-order valence-electron chi connectivity index (χ1n) is 4.54. The summed E-state index contributed by atoms with van der Waals surface area (Å²) < 4.78 is 13.5. The molecule has 1 rings (SSSR count). The number of nitrogens with one attached hydrogen (secondary N) is 1. The van der Waals surface area contributed by atoms with Crippen molar-refractivity contribution in [2.45, 2.75) is 13.0 Å². The van der Waals surface area contributed by atoms with Gasteiger partial charge < -0.3 is 11.1 Å². The predicted molar refractivity (Wildman–Crippen MR) is 57.0 cm³/mol. The molecule has 3 N–H and O–H groups in total. The lowest BCUT2D eigenvalue weighted by Crippen LogP contribution is -2.34. The molecule has 0 radical (unpaired) electrons. The summed E-state index contributed by atoms with van der Waals surface area (Å²) in [6.07, 6.45) is 0. The predicted octanol–water partition coefficient (Wildman–Crippen LogP) is 1.61. The summed E-state index contributed by atoms with van der Waals surface area (Å²) in [5.74, 6) is -1.18. The van der Waals surface area contributed by atoms with Gasteiger partial charge in [-0.05, 0) is 18.7 Å². The van der Waals surface area contributed by atoms with Crippen molar-refractivity contribution in [1.29, 1.82) is 0 Å². The Labute approximate surface area is 92.4 Å². The van der Waals surface area contributed by atoms with Crippen LogP contribution >= 0.6 is 11.6 Å². The molecule has 3 nitrogen and oxygen atoms in total. The van der Waals surface area contributed by atoms with Crippen molar-refractivity contribution in [3.63, 3.8) is 0 Å². The van der Waals surface area contributed by atoms with Crippen LogP contribution in [-0.2, 0) is 4.79 Å². The summed E-state index contributed by atoms with van der Waals surface area (Å²) in [4.78, 5) is 11.1. The Bertz CT molecular complexity index is 350. The Kier molecular flexibility index (Phi) is 4.05. The van der Waals surface area contributed by atoms with Crippen LogP contribution in [0.3, 0.4) is 0 Å². The van der Waals surface area contributed by atoms with Crippen LogP contribution in [0.1, 0.15) is 18.5 Å². The van der Waals surface area contributed by atoms with E-state index in [-0.39, 0.29) is 10.6 Å². The number of carbonyl (C=O) groups is 1. The number of nitrogens with two attached hydrogens (primary N) is 1. The van der Waals surface area contributed by atoms with Crippen molar-refractivity contribution in [1.82, 2.24) is 5.32 Å². The Morgan fingerprint density at radius 3 is 2.80 bits per heavy atom. The zero-order valence-corrected chi connectivity index (χ0v) is 9.01. The highest BCUT2D eigenvalue weighted by atomic mass is 35.5. The molecule has 1 atom stereocenters. The van der Waals surface area contributed by atoms with E-state index in [2.05, 4.69) is 5.32 Å². The lowest BCUT2D eigenvalue weighted by Gasteiger charge is -2.16. The molecule has 15 heavy (non-hydrogen) atoms. The monoisotopic (exact) mass is 230 g/mol. The fourth-order valence-corrected chi connectivity index (χ4v) is 1.61. The normalized spacial score (nSPS) is 12.5. The van der Waals surface area contributed by atoms with Gasteiger partial charge in [0.25, 0.3) is 0 Å². The molecule has 1 aromatic rings. The highest BCUT2D eigenvalue weighted by Gasteiger charge is 2.22. The Balaban J connectivity index is 3.15. The SMILES string of the molecule is CCNC(C(N)=O)c1c(F)cccc1Cl. The fourth-order valence-electron chi connectivity index (χ4n) is 1.34. The van der Waals surface area contributed by atoms with Gasteiger partial charge in [0.15, 0.2) is 0 Å². The van der Waals surface area contributed by atoms with E-state index in [0.717, 1.165) is 0 Å². The Hall–Kier alpha value is -1.13. The average Bonchev–Trinajstić information content (AvgIpc) is 2.15. The zero-order valence-electron chi connectivity index (χ0n) is 8.26. The molecule has 0 bridgehead atoms. The van der Waals surface area contributed by atoms with Crippen LogP contribution in [0, 0.1) is 5.82 Å². The molecule has 0 aliphatic rings. The largest absolute Gasteiger partial charge is 0.368 e. The number of carbonyl (C=O) groups excluding carboxylic acids is 1. The van der Waals surface area contributed by atoms with E-state index in [1.165, 1.54) is 18.2 Å². The molecular formula is C10H12ClFN2O. The zero-order chi connectivity index (χ0) is 11.4. The van der Waals surface area contributed by atoms with Crippen molar-refractivity contribution >= 4 is 17.5 Å². The van der Waals surface area contributed by atoms with Crippen molar-refractivity contribution in [3.8, 4) is 0 Å². The number of hydrogen-bond acceptors (Lipinski definition) is 2. The standard InChI is InChI=1S/C10H12ClFN2O/c1-2-14-9(10(13)15)8-6(11)4-3-5-7(8)12/h3-5,9,14H,2H2,1H3,(H2,13,15). The molecular weight excluding hydrogens is 219 g/mol. The van der Waals surface area contributed by atoms with Crippen LogP contribution in [0.2, 0.25) is 5.02 Å². The second-order valence-electron chi connectivity index (χ2n) is 3.03. The number of amides is 1. The highest BCUT2D eigenvalue weighted by Crippen LogP contribution is 2.25. The third kappa shape index (κ3) is 2.67. The van der Waals surface area contributed by atoms with Crippen LogP contribution in [0.4, 0.5) is 4.39 Å². The molecule has 1 unspecified atom stereocenters. The molecule has 0 saturated heterocycles. The summed E-state index contributed by atoms with van der Waals surface area (Å²) in [5.41, 5.74) is 5.27. The minimum Gasteiger partial charge on any atom is -0.368 e. The third-order valence-corrected chi connectivity index (χ3v) is 2.31. The first kappa shape index (κ1) is 11.9. The van der Waals surface area contributed by atoms with Crippen molar-refractivity contribution in [2.24, 2.45) is 5.73 Å². The topological polar surface area (TPSA) is 55.1 Å². The van der Waals surface area contributed by atoms with Crippen molar-refractivity contribution < 1.29 is 9.18 Å². The molecule has 5 heteroatoms. The van der Waals surface area contributed by atoms with E-state index in [9.17, 15) is 9.18 Å². The molecule has 1 aromatic carbocycles. The van der Waals surface area contributed by atoms with Gasteiger partial charge in [-0.1, -0.05) is 24.6 Å². The maximum atomic E-state index is 13.5. The van der Waals surface area contributed by atoms with Gasteiger partial charge in [-0.2, -0.15) is 0 Å². The third-order valence-electron chi connectivity index (χ3n) is 1.98. The summed E-state index contributed by atoms with van der Waals surface area (Å²) >= 11 is 5.82. The highest BCUT2D eigenvalue weighted by molar-refractivity contribution is 6.31. The molecule has 0 heterocycles. The van der Waals surface area contributed by atoms with Gasteiger partial charge in [-0.15, -0.1) is 0 Å². The average molecular weight is 231 g/mol. The molecule has 82 valence electrons. The summed E-state index contributed by atoms with van der Waals surface area (Å²) in [6.45, 7) is 2.29. The molecule has 0 aliphatic heterocycles. The minimum atomic E-state index is -0.885. The van der Waals surface area contributed by atoms with E-state index in [1.807, 2.05) is 0 Å². The van der Waals surface area contributed by atoms with Gasteiger partial charge in [0, 0.05) is 10.6 Å². The number of rotatable bonds is 4. The maximum absolute atomic E-state index is 13.5. The van der Waals surface area contributed by atoms with Crippen LogP contribution in [0.15, 0.2) is 18.2 Å². The Morgan fingerprint density at radius 1 is 1.67 bits per heavy atom.